The van der Waals surface area contributed by atoms with Crippen LogP contribution in [0.2, 0.25) is 0 Å². The van der Waals surface area contributed by atoms with Crippen molar-refractivity contribution in [3.05, 3.63) is 35.0 Å². The van der Waals surface area contributed by atoms with Crippen LogP contribution in [0.1, 0.15) is 32.9 Å². The van der Waals surface area contributed by atoms with E-state index in [0.717, 1.165) is 11.8 Å². The maximum Gasteiger partial charge on any atom is 0.413 e. The van der Waals surface area contributed by atoms with Gasteiger partial charge in [-0.15, -0.1) is 0 Å². The van der Waals surface area contributed by atoms with Gasteiger partial charge in [0.2, 0.25) is 0 Å². The Hall–Kier alpha value is -2.94. The van der Waals surface area contributed by atoms with Gasteiger partial charge >= 0.3 is 6.09 Å². The monoisotopic (exact) mass is 398 g/mol. The molecule has 0 saturated carbocycles. The van der Waals surface area contributed by atoms with E-state index in [0.29, 0.717) is 33.8 Å². The fraction of sp³-hybridized carbons (Fsp3) is 0.316. The van der Waals surface area contributed by atoms with Crippen LogP contribution in [0.4, 0.5) is 4.79 Å². The van der Waals surface area contributed by atoms with E-state index < -0.39 is 17.6 Å². The average molecular weight is 398 g/mol. The van der Waals surface area contributed by atoms with Crippen LogP contribution in [0.3, 0.4) is 0 Å². The number of aliphatic imine (C=N–C) groups is 1. The number of aromatic nitrogens is 2. The van der Waals surface area contributed by atoms with E-state index in [1.54, 1.807) is 38.3 Å². The fourth-order valence-corrected chi connectivity index (χ4v) is 3.93. The van der Waals surface area contributed by atoms with E-state index in [2.05, 4.69) is 20.3 Å². The molecule has 144 valence electrons. The number of carbonyl (C=O) groups is 2. The lowest BCUT2D eigenvalue weighted by atomic mass is 10.0. The zero-order valence-electron chi connectivity index (χ0n) is 15.6. The molecule has 4 bridgehead atoms. The standard InChI is InChI=1S/C19H18N4O4S/c1-10-9-19(2,3)27-18(25)23-17-22-16(24)14(28-17)8-11-4-5-12-15(21-11)13(26-10)6-7-20-12/h4-8,10H,9H2,1-3H3,(H,22,23,24,25)/b14-8-. The number of cyclic esters (lactones) is 1. The minimum Gasteiger partial charge on any atom is -0.488 e. The number of rotatable bonds is 0. The molecule has 9 heteroatoms. The first-order valence-corrected chi connectivity index (χ1v) is 9.56. The van der Waals surface area contributed by atoms with Gasteiger partial charge in [0.1, 0.15) is 16.9 Å². The summed E-state index contributed by atoms with van der Waals surface area (Å²) >= 11 is 1.06. The molecule has 0 fully saturated rings. The highest BCUT2D eigenvalue weighted by molar-refractivity contribution is 8.18. The van der Waals surface area contributed by atoms with Crippen LogP contribution in [0.25, 0.3) is 17.1 Å². The Morgan fingerprint density at radius 1 is 1.25 bits per heavy atom. The number of carbonyl (C=O) groups excluding carboxylic acids is 2. The SMILES string of the molecule is CC1CC(C)(C)OC(=O)NC2=NC(=O)/C(=C/c3ccc4nccc(c4n3)O1)S2. The Kier molecular flexibility index (Phi) is 4.54. The number of thioether (sulfide) groups is 1. The number of amidine groups is 1. The van der Waals surface area contributed by atoms with Crippen molar-refractivity contribution in [2.45, 2.75) is 38.9 Å². The van der Waals surface area contributed by atoms with Crippen LogP contribution < -0.4 is 10.1 Å². The van der Waals surface area contributed by atoms with Crippen LogP contribution in [0.15, 0.2) is 34.3 Å². The first-order chi connectivity index (χ1) is 13.3. The van der Waals surface area contributed by atoms with Gasteiger partial charge in [0, 0.05) is 18.7 Å². The number of pyridine rings is 2. The van der Waals surface area contributed by atoms with Crippen molar-refractivity contribution in [2.24, 2.45) is 4.99 Å². The maximum absolute atomic E-state index is 12.2. The van der Waals surface area contributed by atoms with E-state index in [9.17, 15) is 9.59 Å². The molecule has 28 heavy (non-hydrogen) atoms. The van der Waals surface area contributed by atoms with E-state index in [1.807, 2.05) is 13.0 Å². The molecule has 2 aliphatic rings. The Morgan fingerprint density at radius 3 is 2.89 bits per heavy atom. The second kappa shape index (κ2) is 6.90. The number of hydrogen-bond acceptors (Lipinski definition) is 7. The Bertz CT molecular complexity index is 1050. The molecule has 1 atom stereocenters. The van der Waals surface area contributed by atoms with Crippen LogP contribution in [-0.2, 0) is 9.53 Å². The van der Waals surface area contributed by atoms with Gasteiger partial charge in [-0.25, -0.2) is 9.78 Å². The smallest absolute Gasteiger partial charge is 0.413 e. The van der Waals surface area contributed by atoms with E-state index in [1.165, 1.54) is 0 Å². The summed E-state index contributed by atoms with van der Waals surface area (Å²) in [7, 11) is 0. The summed E-state index contributed by atoms with van der Waals surface area (Å²) in [6.45, 7) is 5.50. The molecule has 4 rings (SSSR count). The van der Waals surface area contributed by atoms with Gasteiger partial charge in [0.15, 0.2) is 5.17 Å². The lowest BCUT2D eigenvalue weighted by molar-refractivity contribution is -0.113. The normalized spacial score (nSPS) is 23.6. The third kappa shape index (κ3) is 3.84. The van der Waals surface area contributed by atoms with Crippen molar-refractivity contribution in [1.29, 1.82) is 0 Å². The molecule has 1 unspecified atom stereocenters. The van der Waals surface area contributed by atoms with Crippen molar-refractivity contribution in [2.75, 3.05) is 0 Å². The summed E-state index contributed by atoms with van der Waals surface area (Å²) in [5.74, 6) is 0.139. The van der Waals surface area contributed by atoms with E-state index in [-0.39, 0.29) is 11.3 Å². The van der Waals surface area contributed by atoms with Crippen molar-refractivity contribution < 1.29 is 19.1 Å². The zero-order valence-corrected chi connectivity index (χ0v) is 16.4. The maximum atomic E-state index is 12.2. The predicted molar refractivity (Wildman–Crippen MR) is 106 cm³/mol. The highest BCUT2D eigenvalue weighted by Gasteiger charge is 2.30. The third-order valence-electron chi connectivity index (χ3n) is 4.15. The molecule has 2 amide bonds. The van der Waals surface area contributed by atoms with Gasteiger partial charge in [-0.3, -0.25) is 15.1 Å². The molecule has 0 aliphatic carbocycles. The summed E-state index contributed by atoms with van der Waals surface area (Å²) in [4.78, 5) is 37.5. The Labute approximate surface area is 165 Å². The predicted octanol–water partition coefficient (Wildman–Crippen LogP) is 3.28. The molecule has 1 N–H and O–H groups in total. The second-order valence-corrected chi connectivity index (χ2v) is 8.18. The van der Waals surface area contributed by atoms with Crippen molar-refractivity contribution in [3.63, 3.8) is 0 Å². The number of nitrogens with one attached hydrogen (secondary N) is 1. The molecule has 2 aromatic heterocycles. The van der Waals surface area contributed by atoms with Gasteiger partial charge in [-0.2, -0.15) is 4.99 Å². The molecule has 0 spiro atoms. The highest BCUT2D eigenvalue weighted by Crippen LogP contribution is 2.30. The molecular formula is C19H18N4O4S. The van der Waals surface area contributed by atoms with Crippen LogP contribution in [-0.4, -0.2) is 38.8 Å². The topological polar surface area (TPSA) is 103 Å². The largest absolute Gasteiger partial charge is 0.488 e. The van der Waals surface area contributed by atoms with Crippen molar-refractivity contribution in [3.8, 4) is 5.75 Å². The summed E-state index contributed by atoms with van der Waals surface area (Å²) < 4.78 is 11.6. The Morgan fingerprint density at radius 2 is 2.07 bits per heavy atom. The van der Waals surface area contributed by atoms with Crippen LogP contribution >= 0.6 is 11.8 Å². The first kappa shape index (κ1) is 18.4. The van der Waals surface area contributed by atoms with Crippen molar-refractivity contribution >= 4 is 46.0 Å². The van der Waals surface area contributed by atoms with Gasteiger partial charge < -0.3 is 9.47 Å². The molecule has 2 aromatic rings. The minimum absolute atomic E-state index is 0.180. The zero-order chi connectivity index (χ0) is 19.9. The van der Waals surface area contributed by atoms with Crippen LogP contribution in [0, 0.1) is 0 Å². The first-order valence-electron chi connectivity index (χ1n) is 8.74. The second-order valence-electron chi connectivity index (χ2n) is 7.15. The van der Waals surface area contributed by atoms with Crippen LogP contribution in [0.5, 0.6) is 5.75 Å². The van der Waals surface area contributed by atoms with E-state index >= 15 is 0 Å². The van der Waals surface area contributed by atoms with Gasteiger partial charge in [-0.05, 0) is 50.7 Å². The lowest BCUT2D eigenvalue weighted by Crippen LogP contribution is -2.39. The molecule has 0 saturated heterocycles. The number of hydrogen-bond donors (Lipinski definition) is 1. The fourth-order valence-electron chi connectivity index (χ4n) is 3.15. The van der Waals surface area contributed by atoms with Crippen molar-refractivity contribution in [1.82, 2.24) is 15.3 Å². The number of nitrogens with zero attached hydrogens (tertiary/aromatic N) is 3. The minimum atomic E-state index is -0.794. The highest BCUT2D eigenvalue weighted by atomic mass is 32.2. The molecule has 4 heterocycles. The van der Waals surface area contributed by atoms with E-state index in [4.69, 9.17) is 9.47 Å². The molecule has 8 nitrogen and oxygen atoms in total. The van der Waals surface area contributed by atoms with Gasteiger partial charge in [0.05, 0.1) is 22.2 Å². The quantitative estimate of drug-likeness (QED) is 0.726. The summed E-state index contributed by atoms with van der Waals surface area (Å²) in [6, 6.07) is 5.34. The molecule has 2 aliphatic heterocycles. The molecule has 0 radical (unpaired) electrons. The molecular weight excluding hydrogens is 380 g/mol. The number of alkyl carbamates (subject to hydrolysis) is 1. The summed E-state index contributed by atoms with van der Waals surface area (Å²) in [5.41, 5.74) is 1.06. The number of ether oxygens (including phenoxy) is 2. The molecule has 0 aromatic carbocycles. The van der Waals surface area contributed by atoms with Gasteiger partial charge in [0.25, 0.3) is 5.91 Å². The number of amides is 2. The number of fused-ring (bicyclic) bond motifs is 3. The average Bonchev–Trinajstić information content (AvgIpc) is 2.92. The Balaban J connectivity index is 1.80. The van der Waals surface area contributed by atoms with Gasteiger partial charge in [-0.1, -0.05) is 0 Å². The summed E-state index contributed by atoms with van der Waals surface area (Å²) in [5, 5.41) is 2.70. The lowest BCUT2D eigenvalue weighted by Gasteiger charge is -2.28. The summed E-state index contributed by atoms with van der Waals surface area (Å²) in [6.07, 6.45) is 2.82. The third-order valence-corrected chi connectivity index (χ3v) is 5.05.